The standard InChI is InChI=1S/C11H17N3O4/c1-7(2)14(6-10(16)18-3)11(17)8-4-5-9(15)13-12-8/h7H,4-6H2,1-3H3,(H,13,15). The minimum atomic E-state index is -0.488. The van der Waals surface area contributed by atoms with Crippen molar-refractivity contribution in [2.75, 3.05) is 13.7 Å². The number of amides is 2. The van der Waals surface area contributed by atoms with Crippen LogP contribution in [-0.4, -0.2) is 48.1 Å². The zero-order valence-corrected chi connectivity index (χ0v) is 10.7. The van der Waals surface area contributed by atoms with Gasteiger partial charge in [-0.15, -0.1) is 0 Å². The van der Waals surface area contributed by atoms with E-state index < -0.39 is 5.97 Å². The first-order chi connectivity index (χ1) is 8.45. The van der Waals surface area contributed by atoms with Gasteiger partial charge in [-0.3, -0.25) is 14.4 Å². The van der Waals surface area contributed by atoms with E-state index in [0.717, 1.165) is 0 Å². The summed E-state index contributed by atoms with van der Waals surface area (Å²) in [5, 5.41) is 3.72. The molecule has 0 aliphatic carbocycles. The molecular formula is C11H17N3O4. The second-order valence-corrected chi connectivity index (χ2v) is 4.20. The molecular weight excluding hydrogens is 238 g/mol. The van der Waals surface area contributed by atoms with Gasteiger partial charge in [-0.2, -0.15) is 5.10 Å². The molecule has 1 N–H and O–H groups in total. The average Bonchev–Trinajstić information content (AvgIpc) is 2.35. The quantitative estimate of drug-likeness (QED) is 0.696. The fourth-order valence-electron chi connectivity index (χ4n) is 1.49. The number of hydrogen-bond donors (Lipinski definition) is 1. The molecule has 1 rings (SSSR count). The van der Waals surface area contributed by atoms with Gasteiger partial charge in [0.1, 0.15) is 12.3 Å². The maximum absolute atomic E-state index is 12.1. The van der Waals surface area contributed by atoms with Crippen LogP contribution in [0, 0.1) is 0 Å². The number of esters is 1. The monoisotopic (exact) mass is 255 g/mol. The number of hydrogen-bond acceptors (Lipinski definition) is 5. The highest BCUT2D eigenvalue weighted by atomic mass is 16.5. The van der Waals surface area contributed by atoms with E-state index in [9.17, 15) is 14.4 Å². The van der Waals surface area contributed by atoms with Gasteiger partial charge in [-0.05, 0) is 13.8 Å². The summed E-state index contributed by atoms with van der Waals surface area (Å²) in [5.74, 6) is -1.05. The number of carbonyl (C=O) groups excluding carboxylic acids is 3. The van der Waals surface area contributed by atoms with E-state index in [1.807, 2.05) is 0 Å². The molecule has 0 saturated carbocycles. The summed E-state index contributed by atoms with van der Waals surface area (Å²) in [6, 6.07) is -0.156. The number of methoxy groups -OCH3 is 1. The lowest BCUT2D eigenvalue weighted by atomic mass is 10.1. The molecule has 0 saturated heterocycles. The van der Waals surface area contributed by atoms with Crippen molar-refractivity contribution in [1.82, 2.24) is 10.3 Å². The van der Waals surface area contributed by atoms with Crippen molar-refractivity contribution in [2.45, 2.75) is 32.7 Å². The van der Waals surface area contributed by atoms with Crippen molar-refractivity contribution < 1.29 is 19.1 Å². The van der Waals surface area contributed by atoms with Crippen molar-refractivity contribution in [3.8, 4) is 0 Å². The molecule has 0 aromatic heterocycles. The van der Waals surface area contributed by atoms with E-state index in [1.165, 1.54) is 12.0 Å². The molecule has 0 radical (unpaired) electrons. The van der Waals surface area contributed by atoms with Gasteiger partial charge >= 0.3 is 5.97 Å². The molecule has 0 aromatic carbocycles. The second kappa shape index (κ2) is 6.13. The molecule has 0 atom stereocenters. The Balaban J connectivity index is 2.77. The molecule has 100 valence electrons. The number of rotatable bonds is 4. The van der Waals surface area contributed by atoms with Crippen molar-refractivity contribution in [3.05, 3.63) is 0 Å². The summed E-state index contributed by atoms with van der Waals surface area (Å²) < 4.78 is 4.54. The van der Waals surface area contributed by atoms with Gasteiger partial charge < -0.3 is 9.64 Å². The van der Waals surface area contributed by atoms with E-state index in [2.05, 4.69) is 15.3 Å². The second-order valence-electron chi connectivity index (χ2n) is 4.20. The summed E-state index contributed by atoms with van der Waals surface area (Å²) in [4.78, 5) is 35.7. The third kappa shape index (κ3) is 3.54. The lowest BCUT2D eigenvalue weighted by molar-refractivity contribution is -0.146. The highest BCUT2D eigenvalue weighted by molar-refractivity contribution is 6.39. The first-order valence-electron chi connectivity index (χ1n) is 5.69. The maximum Gasteiger partial charge on any atom is 0.325 e. The maximum atomic E-state index is 12.1. The first kappa shape index (κ1) is 14.1. The first-order valence-corrected chi connectivity index (χ1v) is 5.69. The molecule has 18 heavy (non-hydrogen) atoms. The van der Waals surface area contributed by atoms with E-state index in [0.29, 0.717) is 0 Å². The Morgan fingerprint density at radius 3 is 2.56 bits per heavy atom. The topological polar surface area (TPSA) is 88.1 Å². The molecule has 1 aliphatic heterocycles. The fourth-order valence-corrected chi connectivity index (χ4v) is 1.49. The van der Waals surface area contributed by atoms with Crippen LogP contribution >= 0.6 is 0 Å². The Morgan fingerprint density at radius 2 is 2.11 bits per heavy atom. The lowest BCUT2D eigenvalue weighted by Gasteiger charge is -2.26. The average molecular weight is 255 g/mol. The highest BCUT2D eigenvalue weighted by Gasteiger charge is 2.27. The Labute approximate surface area is 105 Å². The SMILES string of the molecule is COC(=O)CN(C(=O)C1=NNC(=O)CC1)C(C)C. The molecule has 7 nitrogen and oxygen atoms in total. The predicted octanol–water partition coefficient (Wildman–Crippen LogP) is -0.338. The van der Waals surface area contributed by atoms with Crippen molar-refractivity contribution in [1.29, 1.82) is 0 Å². The van der Waals surface area contributed by atoms with Crippen LogP contribution in [0.3, 0.4) is 0 Å². The van der Waals surface area contributed by atoms with Gasteiger partial charge in [0.15, 0.2) is 0 Å². The summed E-state index contributed by atoms with van der Waals surface area (Å²) in [6.45, 7) is 3.46. The van der Waals surface area contributed by atoms with Gasteiger partial charge in [-0.1, -0.05) is 0 Å². The Kier molecular flexibility index (Phi) is 4.82. The van der Waals surface area contributed by atoms with Crippen molar-refractivity contribution >= 4 is 23.5 Å². The van der Waals surface area contributed by atoms with Gasteiger partial charge in [0.2, 0.25) is 5.91 Å². The number of carbonyl (C=O) groups is 3. The van der Waals surface area contributed by atoms with Crippen LogP contribution < -0.4 is 5.43 Å². The van der Waals surface area contributed by atoms with Crippen molar-refractivity contribution in [3.63, 3.8) is 0 Å². The molecule has 2 amide bonds. The van der Waals surface area contributed by atoms with Crippen molar-refractivity contribution in [2.24, 2.45) is 5.10 Å². The Bertz CT molecular complexity index is 390. The van der Waals surface area contributed by atoms with Crippen LogP contribution in [0.4, 0.5) is 0 Å². The molecule has 0 aromatic rings. The third-order valence-corrected chi connectivity index (χ3v) is 2.56. The smallest absolute Gasteiger partial charge is 0.325 e. The Morgan fingerprint density at radius 1 is 1.44 bits per heavy atom. The van der Waals surface area contributed by atoms with Gasteiger partial charge in [0.25, 0.3) is 5.91 Å². The highest BCUT2D eigenvalue weighted by Crippen LogP contribution is 2.07. The molecule has 7 heteroatoms. The van der Waals surface area contributed by atoms with Crippen LogP contribution in [0.15, 0.2) is 5.10 Å². The number of nitrogens with one attached hydrogen (secondary N) is 1. The summed E-state index contributed by atoms with van der Waals surface area (Å²) in [6.07, 6.45) is 0.518. The van der Waals surface area contributed by atoms with E-state index in [-0.39, 0.29) is 43.0 Å². The van der Waals surface area contributed by atoms with E-state index >= 15 is 0 Å². The number of hydrazone groups is 1. The molecule has 0 unspecified atom stereocenters. The molecule has 0 fully saturated rings. The zero-order valence-electron chi connectivity index (χ0n) is 10.7. The zero-order chi connectivity index (χ0) is 13.7. The fraction of sp³-hybridized carbons (Fsp3) is 0.636. The van der Waals surface area contributed by atoms with Gasteiger partial charge in [0, 0.05) is 18.9 Å². The van der Waals surface area contributed by atoms with E-state index in [1.54, 1.807) is 13.8 Å². The minimum absolute atomic E-state index is 0.125. The Hall–Kier alpha value is -1.92. The molecule has 1 heterocycles. The van der Waals surface area contributed by atoms with Crippen LogP contribution in [0.2, 0.25) is 0 Å². The van der Waals surface area contributed by atoms with E-state index in [4.69, 9.17) is 0 Å². The lowest BCUT2D eigenvalue weighted by Crippen LogP contribution is -2.46. The van der Waals surface area contributed by atoms with Crippen LogP contribution in [0.1, 0.15) is 26.7 Å². The normalized spacial score (nSPS) is 14.9. The van der Waals surface area contributed by atoms with Crippen LogP contribution in [0.5, 0.6) is 0 Å². The number of nitrogens with zero attached hydrogens (tertiary/aromatic N) is 2. The minimum Gasteiger partial charge on any atom is -0.468 e. The summed E-state index contributed by atoms with van der Waals surface area (Å²) >= 11 is 0. The third-order valence-electron chi connectivity index (χ3n) is 2.56. The largest absolute Gasteiger partial charge is 0.468 e. The number of ether oxygens (including phenoxy) is 1. The summed E-state index contributed by atoms with van der Waals surface area (Å²) in [5.41, 5.74) is 2.52. The molecule has 0 spiro atoms. The van der Waals surface area contributed by atoms with Gasteiger partial charge in [0.05, 0.1) is 7.11 Å². The van der Waals surface area contributed by atoms with Crippen LogP contribution in [0.25, 0.3) is 0 Å². The van der Waals surface area contributed by atoms with Crippen LogP contribution in [-0.2, 0) is 19.1 Å². The predicted molar refractivity (Wildman–Crippen MR) is 63.7 cm³/mol. The molecule has 1 aliphatic rings. The summed E-state index contributed by atoms with van der Waals surface area (Å²) in [7, 11) is 1.27. The van der Waals surface area contributed by atoms with Gasteiger partial charge in [-0.25, -0.2) is 5.43 Å². The molecule has 0 bridgehead atoms.